The lowest BCUT2D eigenvalue weighted by Gasteiger charge is -2.03. The van der Waals surface area contributed by atoms with Crippen LogP contribution in [-0.4, -0.2) is 25.7 Å². The van der Waals surface area contributed by atoms with Gasteiger partial charge >= 0.3 is 5.97 Å². The van der Waals surface area contributed by atoms with E-state index >= 15 is 0 Å². The summed E-state index contributed by atoms with van der Waals surface area (Å²) in [4.78, 5) is 10.9. The number of hydrogen-bond donors (Lipinski definition) is 1. The van der Waals surface area contributed by atoms with Crippen molar-refractivity contribution in [3.8, 4) is 11.4 Å². The monoisotopic (exact) mass is 293 g/mol. The Kier molecular flexibility index (Phi) is 2.86. The number of carboxylic acids is 1. The van der Waals surface area contributed by atoms with E-state index in [0.29, 0.717) is 5.65 Å². The molecule has 0 atom stereocenters. The van der Waals surface area contributed by atoms with Crippen molar-refractivity contribution < 1.29 is 23.1 Å². The Morgan fingerprint density at radius 1 is 1.10 bits per heavy atom. The van der Waals surface area contributed by atoms with Gasteiger partial charge in [0.05, 0.1) is 5.56 Å². The molecule has 3 aromatic rings. The van der Waals surface area contributed by atoms with Gasteiger partial charge in [0.25, 0.3) is 0 Å². The van der Waals surface area contributed by atoms with Crippen molar-refractivity contribution >= 4 is 11.6 Å². The zero-order valence-corrected chi connectivity index (χ0v) is 10.2. The molecular formula is C13H6F3N3O2. The van der Waals surface area contributed by atoms with Crippen LogP contribution in [0.3, 0.4) is 0 Å². The molecule has 0 aliphatic heterocycles. The van der Waals surface area contributed by atoms with Crippen molar-refractivity contribution in [2.24, 2.45) is 0 Å². The number of fused-ring (bicyclic) bond motifs is 1. The highest BCUT2D eigenvalue weighted by molar-refractivity contribution is 5.87. The van der Waals surface area contributed by atoms with Crippen LogP contribution in [0, 0.1) is 17.5 Å². The Morgan fingerprint density at radius 2 is 1.76 bits per heavy atom. The summed E-state index contributed by atoms with van der Waals surface area (Å²) in [7, 11) is 0. The smallest absolute Gasteiger partial charge is 0.337 e. The zero-order chi connectivity index (χ0) is 15.1. The van der Waals surface area contributed by atoms with Gasteiger partial charge in [0.2, 0.25) is 0 Å². The summed E-state index contributed by atoms with van der Waals surface area (Å²) in [6.07, 6.45) is 1.21. The Morgan fingerprint density at radius 3 is 2.38 bits per heavy atom. The maximum Gasteiger partial charge on any atom is 0.337 e. The van der Waals surface area contributed by atoms with Gasteiger partial charge in [-0.3, -0.25) is 4.40 Å². The average Bonchev–Trinajstić information content (AvgIpc) is 2.87. The van der Waals surface area contributed by atoms with Crippen molar-refractivity contribution in [3.05, 3.63) is 53.5 Å². The Labute approximate surface area is 115 Å². The van der Waals surface area contributed by atoms with Gasteiger partial charge in [0, 0.05) is 11.8 Å². The van der Waals surface area contributed by atoms with E-state index in [-0.39, 0.29) is 17.0 Å². The summed E-state index contributed by atoms with van der Waals surface area (Å²) in [6, 6.07) is 4.25. The second-order valence-electron chi connectivity index (χ2n) is 4.23. The molecule has 2 heterocycles. The number of benzene rings is 1. The number of carboxylic acid groups (broad SMARTS) is 1. The lowest BCUT2D eigenvalue weighted by Crippen LogP contribution is -2.00. The van der Waals surface area contributed by atoms with E-state index in [1.54, 1.807) is 0 Å². The Bertz CT molecular complexity index is 853. The molecule has 0 saturated heterocycles. The van der Waals surface area contributed by atoms with E-state index in [9.17, 15) is 18.0 Å². The zero-order valence-electron chi connectivity index (χ0n) is 10.2. The van der Waals surface area contributed by atoms with Gasteiger partial charge in [-0.05, 0) is 24.3 Å². The molecule has 0 unspecified atom stereocenters. The van der Waals surface area contributed by atoms with Crippen LogP contribution in [0.4, 0.5) is 13.2 Å². The number of aromatic nitrogens is 3. The third-order valence-corrected chi connectivity index (χ3v) is 2.89. The number of pyridine rings is 1. The third-order valence-electron chi connectivity index (χ3n) is 2.89. The molecule has 1 aromatic carbocycles. The molecular weight excluding hydrogens is 287 g/mol. The average molecular weight is 293 g/mol. The van der Waals surface area contributed by atoms with E-state index in [1.807, 2.05) is 0 Å². The highest BCUT2D eigenvalue weighted by atomic mass is 19.2. The first-order valence-corrected chi connectivity index (χ1v) is 5.70. The maximum absolute atomic E-state index is 13.3. The predicted octanol–water partition coefficient (Wildman–Crippen LogP) is 2.51. The number of rotatable bonds is 2. The van der Waals surface area contributed by atoms with Gasteiger partial charge in [0.15, 0.2) is 28.9 Å². The molecule has 106 valence electrons. The number of hydrogen-bond acceptors (Lipinski definition) is 3. The highest BCUT2D eigenvalue weighted by Crippen LogP contribution is 2.23. The second-order valence-corrected chi connectivity index (χ2v) is 4.23. The molecule has 0 aliphatic rings. The minimum Gasteiger partial charge on any atom is -0.478 e. The van der Waals surface area contributed by atoms with Crippen molar-refractivity contribution in [1.82, 2.24) is 14.6 Å². The number of nitrogens with zero attached hydrogens (tertiary/aromatic N) is 3. The van der Waals surface area contributed by atoms with Crippen LogP contribution in [-0.2, 0) is 0 Å². The molecule has 0 saturated carbocycles. The fraction of sp³-hybridized carbons (Fsp3) is 0. The highest BCUT2D eigenvalue weighted by Gasteiger charge is 2.16. The number of aromatic carboxylic acids is 1. The summed E-state index contributed by atoms with van der Waals surface area (Å²) >= 11 is 0. The first-order chi connectivity index (χ1) is 9.97. The minimum absolute atomic E-state index is 0.00546. The number of halogens is 3. The third kappa shape index (κ3) is 2.10. The first-order valence-electron chi connectivity index (χ1n) is 5.70. The standard InChI is InChI=1S/C13H6F3N3O2/c14-8-3-7(4-9(15)11(8)16)12-18-17-10-2-1-6(13(20)21)5-19(10)12/h1-5H,(H,20,21). The van der Waals surface area contributed by atoms with Crippen LogP contribution in [0.5, 0.6) is 0 Å². The molecule has 0 amide bonds. The number of carbonyl (C=O) groups is 1. The molecule has 1 N–H and O–H groups in total. The lowest BCUT2D eigenvalue weighted by molar-refractivity contribution is 0.0696. The van der Waals surface area contributed by atoms with E-state index < -0.39 is 23.4 Å². The molecule has 8 heteroatoms. The first kappa shape index (κ1) is 13.1. The fourth-order valence-electron chi connectivity index (χ4n) is 1.90. The van der Waals surface area contributed by atoms with E-state index in [2.05, 4.69) is 10.2 Å². The summed E-state index contributed by atoms with van der Waals surface area (Å²) in [5.41, 5.74) is 0.188. The SMILES string of the molecule is O=C(O)c1ccc2nnc(-c3cc(F)c(F)c(F)c3)n2c1. The van der Waals surface area contributed by atoms with Gasteiger partial charge in [-0.25, -0.2) is 18.0 Å². The van der Waals surface area contributed by atoms with E-state index in [1.165, 1.54) is 22.7 Å². The van der Waals surface area contributed by atoms with Gasteiger partial charge < -0.3 is 5.11 Å². The maximum atomic E-state index is 13.3. The Hall–Kier alpha value is -2.90. The van der Waals surface area contributed by atoms with Crippen LogP contribution in [0.25, 0.3) is 17.0 Å². The molecule has 2 aromatic heterocycles. The molecule has 0 spiro atoms. The van der Waals surface area contributed by atoms with Crippen LogP contribution in [0.15, 0.2) is 30.5 Å². The van der Waals surface area contributed by atoms with Crippen LogP contribution in [0.1, 0.15) is 10.4 Å². The summed E-state index contributed by atoms with van der Waals surface area (Å²) in [5.74, 6) is -5.48. The minimum atomic E-state index is -1.58. The fourth-order valence-corrected chi connectivity index (χ4v) is 1.90. The molecule has 5 nitrogen and oxygen atoms in total. The topological polar surface area (TPSA) is 67.5 Å². The second kappa shape index (κ2) is 4.58. The van der Waals surface area contributed by atoms with E-state index in [4.69, 9.17) is 5.11 Å². The van der Waals surface area contributed by atoms with Crippen LogP contribution < -0.4 is 0 Å². The van der Waals surface area contributed by atoms with Gasteiger partial charge in [-0.2, -0.15) is 0 Å². The van der Waals surface area contributed by atoms with Crippen molar-refractivity contribution in [1.29, 1.82) is 0 Å². The molecule has 0 radical (unpaired) electrons. The molecule has 21 heavy (non-hydrogen) atoms. The largest absolute Gasteiger partial charge is 0.478 e. The van der Waals surface area contributed by atoms with Gasteiger partial charge in [0.1, 0.15) is 0 Å². The summed E-state index contributed by atoms with van der Waals surface area (Å²) in [6.45, 7) is 0. The van der Waals surface area contributed by atoms with Gasteiger partial charge in [-0.15, -0.1) is 10.2 Å². The molecule has 0 bridgehead atoms. The van der Waals surface area contributed by atoms with Crippen molar-refractivity contribution in [2.45, 2.75) is 0 Å². The van der Waals surface area contributed by atoms with Crippen molar-refractivity contribution in [2.75, 3.05) is 0 Å². The van der Waals surface area contributed by atoms with E-state index in [0.717, 1.165) is 12.1 Å². The summed E-state index contributed by atoms with van der Waals surface area (Å²) in [5, 5.41) is 16.4. The van der Waals surface area contributed by atoms with Crippen molar-refractivity contribution in [3.63, 3.8) is 0 Å². The molecule has 0 fully saturated rings. The normalized spacial score (nSPS) is 11.0. The molecule has 3 rings (SSSR count). The molecule has 0 aliphatic carbocycles. The van der Waals surface area contributed by atoms with Gasteiger partial charge in [-0.1, -0.05) is 0 Å². The van der Waals surface area contributed by atoms with Crippen LogP contribution in [0.2, 0.25) is 0 Å². The summed E-state index contributed by atoms with van der Waals surface area (Å²) < 4.78 is 40.8. The van der Waals surface area contributed by atoms with Crippen LogP contribution >= 0.6 is 0 Å². The Balaban J connectivity index is 2.25. The lowest BCUT2D eigenvalue weighted by atomic mass is 10.2. The quantitative estimate of drug-likeness (QED) is 0.737. The predicted molar refractivity (Wildman–Crippen MR) is 65.3 cm³/mol.